The van der Waals surface area contributed by atoms with Gasteiger partial charge in [0.1, 0.15) is 11.4 Å². The minimum atomic E-state index is -0.337. The number of aryl methyl sites for hydroxylation is 1. The molecule has 0 fully saturated rings. The van der Waals surface area contributed by atoms with Crippen molar-refractivity contribution in [2.24, 2.45) is 0 Å². The maximum atomic E-state index is 11.0. The number of hydroxylamine groups is 1. The molecular weight excluding hydrogens is 434 g/mol. The molecule has 4 aromatic rings. The number of hydrogen-bond acceptors (Lipinski definition) is 7. The molecule has 0 radical (unpaired) electrons. The zero-order chi connectivity index (χ0) is 23.8. The molecule has 4 rings (SSSR count). The van der Waals surface area contributed by atoms with E-state index in [1.54, 1.807) is 18.8 Å². The summed E-state index contributed by atoms with van der Waals surface area (Å²) in [6.45, 7) is 1.47. The van der Waals surface area contributed by atoms with Crippen molar-refractivity contribution < 1.29 is 14.7 Å². The van der Waals surface area contributed by atoms with Gasteiger partial charge in [-0.25, -0.2) is 10.5 Å². The van der Waals surface area contributed by atoms with E-state index in [-0.39, 0.29) is 5.91 Å². The lowest BCUT2D eigenvalue weighted by Crippen LogP contribution is -2.17. The number of unbranched alkanes of at least 4 members (excludes halogenated alkanes) is 3. The van der Waals surface area contributed by atoms with Gasteiger partial charge < -0.3 is 14.6 Å². The largest absolute Gasteiger partial charge is 0.497 e. The number of benzene rings is 1. The van der Waals surface area contributed by atoms with Crippen molar-refractivity contribution in [1.29, 1.82) is 0 Å². The Balaban J connectivity index is 1.33. The van der Waals surface area contributed by atoms with Crippen molar-refractivity contribution in [3.05, 3.63) is 60.7 Å². The molecule has 1 amide bonds. The van der Waals surface area contributed by atoms with E-state index in [9.17, 15) is 4.79 Å². The molecule has 1 aromatic carbocycles. The molecule has 10 heteroatoms. The smallest absolute Gasteiger partial charge is 0.243 e. The lowest BCUT2D eigenvalue weighted by molar-refractivity contribution is -0.129. The predicted molar refractivity (Wildman–Crippen MR) is 128 cm³/mol. The number of carbonyl (C=O) groups excluding carboxylic acids is 1. The third-order valence-corrected chi connectivity index (χ3v) is 5.54. The predicted octanol–water partition coefficient (Wildman–Crippen LogP) is 3.88. The zero-order valence-electron chi connectivity index (χ0n) is 19.1. The Morgan fingerprint density at radius 2 is 2.03 bits per heavy atom. The van der Waals surface area contributed by atoms with E-state index >= 15 is 0 Å². The summed E-state index contributed by atoms with van der Waals surface area (Å²) in [5, 5.41) is 17.1. The summed E-state index contributed by atoms with van der Waals surface area (Å²) in [5.74, 6) is 1.01. The van der Waals surface area contributed by atoms with Crippen LogP contribution in [0.25, 0.3) is 11.0 Å². The van der Waals surface area contributed by atoms with Crippen molar-refractivity contribution >= 4 is 28.6 Å². The van der Waals surface area contributed by atoms with Gasteiger partial charge in [0.25, 0.3) is 0 Å². The average Bonchev–Trinajstić information content (AvgIpc) is 3.48. The van der Waals surface area contributed by atoms with E-state index in [1.165, 1.54) is 0 Å². The molecule has 0 saturated carbocycles. The summed E-state index contributed by atoms with van der Waals surface area (Å²) in [6.07, 6.45) is 11.5. The number of carbonyl (C=O) groups is 1. The Hall–Kier alpha value is -3.92. The number of methoxy groups -OCH3 is 1. The second-order valence-electron chi connectivity index (χ2n) is 8.08. The number of aromatic nitrogens is 5. The number of amides is 1. The highest BCUT2D eigenvalue weighted by Crippen LogP contribution is 2.20. The maximum Gasteiger partial charge on any atom is 0.243 e. The van der Waals surface area contributed by atoms with Crippen LogP contribution in [0, 0.1) is 0 Å². The number of anilines is 2. The molecule has 0 spiro atoms. The monoisotopic (exact) mass is 463 g/mol. The summed E-state index contributed by atoms with van der Waals surface area (Å²) in [5.41, 5.74) is 4.46. The number of ether oxygens (including phenoxy) is 1. The maximum absolute atomic E-state index is 11.0. The summed E-state index contributed by atoms with van der Waals surface area (Å²) in [4.78, 5) is 20.2. The first-order chi connectivity index (χ1) is 16.6. The highest BCUT2D eigenvalue weighted by Gasteiger charge is 2.08. The average molecular weight is 464 g/mol. The van der Waals surface area contributed by atoms with E-state index in [2.05, 4.69) is 26.0 Å². The molecule has 3 heterocycles. The van der Waals surface area contributed by atoms with Crippen LogP contribution in [0.5, 0.6) is 5.75 Å². The van der Waals surface area contributed by atoms with E-state index in [0.717, 1.165) is 60.3 Å². The first-order valence-electron chi connectivity index (χ1n) is 11.3. The topological polar surface area (TPSA) is 119 Å². The third-order valence-electron chi connectivity index (χ3n) is 5.54. The molecular formula is C24H29N7O3. The van der Waals surface area contributed by atoms with E-state index in [1.807, 2.05) is 47.5 Å². The first-order valence-corrected chi connectivity index (χ1v) is 11.3. The molecule has 0 saturated heterocycles. The van der Waals surface area contributed by atoms with Crippen LogP contribution in [0.3, 0.4) is 0 Å². The van der Waals surface area contributed by atoms with Gasteiger partial charge in [0.15, 0.2) is 0 Å². The van der Waals surface area contributed by atoms with Crippen molar-refractivity contribution in [3.63, 3.8) is 0 Å². The van der Waals surface area contributed by atoms with Crippen LogP contribution in [0.15, 0.2) is 55.1 Å². The molecule has 0 bridgehead atoms. The molecule has 0 aliphatic carbocycles. The van der Waals surface area contributed by atoms with Crippen LogP contribution < -0.4 is 15.5 Å². The molecule has 3 N–H and O–H groups in total. The minimum absolute atomic E-state index is 0.337. The van der Waals surface area contributed by atoms with E-state index < -0.39 is 0 Å². The summed E-state index contributed by atoms with van der Waals surface area (Å²) < 4.78 is 9.30. The molecule has 0 aliphatic rings. The minimum Gasteiger partial charge on any atom is -0.497 e. The molecule has 3 aromatic heterocycles. The van der Waals surface area contributed by atoms with Crippen LogP contribution in [-0.2, 0) is 17.9 Å². The van der Waals surface area contributed by atoms with Crippen LogP contribution in [-0.4, -0.2) is 42.5 Å². The number of nitrogens with zero attached hydrogens (tertiary/aromatic N) is 5. The normalized spacial score (nSPS) is 11.0. The Labute approximate surface area is 197 Å². The fraction of sp³-hybridized carbons (Fsp3) is 0.333. The fourth-order valence-corrected chi connectivity index (χ4v) is 3.77. The van der Waals surface area contributed by atoms with Crippen LogP contribution in [0.1, 0.15) is 37.7 Å². The number of fused-ring (bicyclic) bond motifs is 1. The number of nitrogens with one attached hydrogen (secondary N) is 2. The second kappa shape index (κ2) is 11.3. The van der Waals surface area contributed by atoms with E-state index in [0.29, 0.717) is 18.9 Å². The molecule has 178 valence electrons. The van der Waals surface area contributed by atoms with Gasteiger partial charge in [-0.1, -0.05) is 25.0 Å². The van der Waals surface area contributed by atoms with Gasteiger partial charge in [0.05, 0.1) is 19.0 Å². The number of hydrogen-bond donors (Lipinski definition) is 3. The highest BCUT2D eigenvalue weighted by molar-refractivity contribution is 5.77. The fourth-order valence-electron chi connectivity index (χ4n) is 3.77. The third kappa shape index (κ3) is 6.10. The summed E-state index contributed by atoms with van der Waals surface area (Å²) in [7, 11) is 1.67. The SMILES string of the molecule is COc1cccc(Cn2ccc3cnc(Nc4cnn(CCCCCCC(=O)NO)c4)nc32)c1. The van der Waals surface area contributed by atoms with Gasteiger partial charge in [-0.05, 0) is 36.6 Å². The summed E-state index contributed by atoms with van der Waals surface area (Å²) in [6, 6.07) is 10.0. The van der Waals surface area contributed by atoms with Crippen LogP contribution in [0.2, 0.25) is 0 Å². The second-order valence-corrected chi connectivity index (χ2v) is 8.08. The molecule has 10 nitrogen and oxygen atoms in total. The zero-order valence-corrected chi connectivity index (χ0v) is 19.1. The van der Waals surface area contributed by atoms with Gasteiger partial charge in [-0.2, -0.15) is 10.1 Å². The molecule has 0 aliphatic heterocycles. The standard InChI is InChI=1S/C24H29N7O3/c1-34-21-8-6-7-18(13-21)16-30-12-10-19-14-25-24(28-23(19)30)27-20-15-26-31(17-20)11-5-3-2-4-9-22(32)29-33/h6-8,10,12-15,17,33H,2-5,9,11,16H2,1H3,(H,29,32)(H,25,27,28). The van der Waals surface area contributed by atoms with Crippen molar-refractivity contribution in [2.45, 2.75) is 45.2 Å². The van der Waals surface area contributed by atoms with E-state index in [4.69, 9.17) is 14.9 Å². The molecule has 0 unspecified atom stereocenters. The van der Waals surface area contributed by atoms with Gasteiger partial charge >= 0.3 is 0 Å². The number of rotatable bonds is 12. The van der Waals surface area contributed by atoms with Crippen LogP contribution in [0.4, 0.5) is 11.6 Å². The summed E-state index contributed by atoms with van der Waals surface area (Å²) >= 11 is 0. The Kier molecular flexibility index (Phi) is 7.71. The van der Waals surface area contributed by atoms with Crippen LogP contribution >= 0.6 is 0 Å². The lowest BCUT2D eigenvalue weighted by Gasteiger charge is -2.08. The Bertz CT molecular complexity index is 1230. The van der Waals surface area contributed by atoms with Crippen molar-refractivity contribution in [2.75, 3.05) is 12.4 Å². The lowest BCUT2D eigenvalue weighted by atomic mass is 10.1. The highest BCUT2D eigenvalue weighted by atomic mass is 16.5. The van der Waals surface area contributed by atoms with Gasteiger partial charge in [-0.15, -0.1) is 0 Å². The van der Waals surface area contributed by atoms with Gasteiger partial charge in [-0.3, -0.25) is 14.7 Å². The van der Waals surface area contributed by atoms with Crippen molar-refractivity contribution in [3.8, 4) is 5.75 Å². The first kappa shape index (κ1) is 23.2. The molecule has 0 atom stereocenters. The quantitative estimate of drug-likeness (QED) is 0.166. The Morgan fingerprint density at radius 1 is 1.15 bits per heavy atom. The Morgan fingerprint density at radius 3 is 2.88 bits per heavy atom. The molecule has 34 heavy (non-hydrogen) atoms. The van der Waals surface area contributed by atoms with Gasteiger partial charge in [0, 0.05) is 43.5 Å². The van der Waals surface area contributed by atoms with Crippen molar-refractivity contribution in [1.82, 2.24) is 29.8 Å². The van der Waals surface area contributed by atoms with Gasteiger partial charge in [0.2, 0.25) is 11.9 Å².